The molecule has 4 rings (SSSR count). The van der Waals surface area contributed by atoms with Gasteiger partial charge in [0.15, 0.2) is 17.3 Å². The monoisotopic (exact) mass is 487 g/mol. The number of carbonyl (C=O) groups is 2. The Labute approximate surface area is 196 Å². The lowest BCUT2D eigenvalue weighted by Gasteiger charge is -2.65. The molecule has 3 heterocycles. The van der Waals surface area contributed by atoms with E-state index in [1.807, 2.05) is 0 Å². The number of sulfonamides is 1. The molecular formula is C22H22FN5O5S-2. The second-order valence-corrected chi connectivity index (χ2v) is 9.65. The summed E-state index contributed by atoms with van der Waals surface area (Å²) in [5.41, 5.74) is 0.134. The number of carbonyl (C=O) groups excluding carboxylic acids is 2. The Morgan fingerprint density at radius 3 is 2.71 bits per heavy atom. The molecule has 0 aliphatic carbocycles. The van der Waals surface area contributed by atoms with Crippen LogP contribution in [0.5, 0.6) is 5.75 Å². The molecule has 1 aliphatic heterocycles. The van der Waals surface area contributed by atoms with Crippen molar-refractivity contribution in [2.24, 2.45) is 0 Å². The summed E-state index contributed by atoms with van der Waals surface area (Å²) >= 11 is 0. The number of nitrogens with one attached hydrogen (secondary N) is 1. The number of likely N-dealkylation sites (N-methyl/N-ethyl adjacent to an activating group) is 1. The molecule has 12 heteroatoms. The second kappa shape index (κ2) is 9.41. The maximum absolute atomic E-state index is 13.1. The number of nitrogens with zero attached hydrogens (tertiary/aromatic N) is 4. The highest BCUT2D eigenvalue weighted by Crippen LogP contribution is 2.48. The number of pyridine rings is 2. The molecular weight excluding hydrogens is 465 g/mol. The van der Waals surface area contributed by atoms with Gasteiger partial charge in [0.05, 0.1) is 0 Å². The maximum atomic E-state index is 13.1. The highest BCUT2D eigenvalue weighted by atomic mass is 32.3. The Balaban J connectivity index is 1.75. The fraction of sp³-hybridized carbons (Fsp3) is 0.273. The molecule has 2 N–H and O–H groups in total. The van der Waals surface area contributed by atoms with Crippen molar-refractivity contribution in [2.75, 3.05) is 29.7 Å². The van der Waals surface area contributed by atoms with Crippen LogP contribution in [0, 0.1) is 5.82 Å². The minimum absolute atomic E-state index is 0.0157. The smallest absolute Gasteiger partial charge is 0.274 e. The van der Waals surface area contributed by atoms with Gasteiger partial charge < -0.3 is 39.5 Å². The quantitative estimate of drug-likeness (QED) is 0.556. The van der Waals surface area contributed by atoms with Crippen LogP contribution in [0.4, 0.5) is 10.2 Å². The first-order chi connectivity index (χ1) is 16.2. The molecule has 2 amide bonds. The van der Waals surface area contributed by atoms with Gasteiger partial charge in [-0.1, -0.05) is 12.1 Å². The Kier molecular flexibility index (Phi) is 6.55. The summed E-state index contributed by atoms with van der Waals surface area (Å²) < 4.78 is 40.1. The first kappa shape index (κ1) is 23.7. The van der Waals surface area contributed by atoms with Crippen molar-refractivity contribution in [1.82, 2.24) is 20.2 Å². The van der Waals surface area contributed by atoms with Crippen LogP contribution in [0.15, 0.2) is 42.6 Å². The van der Waals surface area contributed by atoms with Gasteiger partial charge in [-0.3, -0.25) is 14.6 Å². The number of amides is 2. The molecule has 0 saturated carbocycles. The van der Waals surface area contributed by atoms with E-state index in [4.69, 9.17) is 0 Å². The first-order valence-electron chi connectivity index (χ1n) is 10.5. The van der Waals surface area contributed by atoms with Crippen molar-refractivity contribution in [3.05, 3.63) is 59.7 Å². The molecule has 0 atom stereocenters. The summed E-state index contributed by atoms with van der Waals surface area (Å²) in [6.45, 7) is 1.66. The number of halogens is 1. The van der Waals surface area contributed by atoms with Gasteiger partial charge in [0.2, 0.25) is 5.91 Å². The van der Waals surface area contributed by atoms with Crippen molar-refractivity contribution >= 4 is 39.3 Å². The van der Waals surface area contributed by atoms with Crippen LogP contribution in [-0.4, -0.2) is 66.3 Å². The van der Waals surface area contributed by atoms with Gasteiger partial charge in [-0.25, -0.2) is 9.37 Å². The van der Waals surface area contributed by atoms with E-state index in [0.29, 0.717) is 12.1 Å². The molecule has 34 heavy (non-hydrogen) atoms. The summed E-state index contributed by atoms with van der Waals surface area (Å²) in [7, 11) is -3.96. The summed E-state index contributed by atoms with van der Waals surface area (Å²) in [4.78, 5) is 35.3. The second-order valence-electron chi connectivity index (χ2n) is 7.64. The van der Waals surface area contributed by atoms with Gasteiger partial charge >= 0.3 is 0 Å². The normalized spacial score (nSPS) is 16.9. The van der Waals surface area contributed by atoms with Crippen LogP contribution < -0.4 is 9.62 Å². The maximum Gasteiger partial charge on any atom is 0.274 e. The van der Waals surface area contributed by atoms with Gasteiger partial charge in [-0.2, -0.15) is 0 Å². The number of rotatable bonds is 5. The number of hydrogen-bond acceptors (Lipinski definition) is 8. The molecule has 180 valence electrons. The Morgan fingerprint density at radius 1 is 1.26 bits per heavy atom. The Bertz CT molecular complexity index is 1240. The fourth-order valence-electron chi connectivity index (χ4n) is 3.65. The van der Waals surface area contributed by atoms with E-state index in [9.17, 15) is 28.2 Å². The predicted octanol–water partition coefficient (Wildman–Crippen LogP) is 2.05. The van der Waals surface area contributed by atoms with E-state index in [1.165, 1.54) is 47.5 Å². The summed E-state index contributed by atoms with van der Waals surface area (Å²) in [5.74, 6) is -2.62. The van der Waals surface area contributed by atoms with E-state index in [1.54, 1.807) is 6.92 Å². The zero-order chi connectivity index (χ0) is 24.5. The zero-order valence-electron chi connectivity index (χ0n) is 18.2. The van der Waals surface area contributed by atoms with E-state index < -0.39 is 46.4 Å². The van der Waals surface area contributed by atoms with Crippen LogP contribution in [0.1, 0.15) is 23.0 Å². The molecule has 1 fully saturated rings. The van der Waals surface area contributed by atoms with Crippen molar-refractivity contribution in [1.29, 1.82) is 0 Å². The summed E-state index contributed by atoms with van der Waals surface area (Å²) in [6.07, 6.45) is 1.38. The van der Waals surface area contributed by atoms with E-state index in [0.717, 1.165) is 4.31 Å². The SMILES string of the molecule is CCN1CCS([O-])([O-])N(c2nc(C(=O)NCc3ccc(F)cc3)c(O)c3ncccc23)CC1=O. The average Bonchev–Trinajstić information content (AvgIpc) is 2.94. The lowest BCUT2D eigenvalue weighted by Crippen LogP contribution is -2.37. The van der Waals surface area contributed by atoms with Gasteiger partial charge in [-0.05, 0) is 36.8 Å². The van der Waals surface area contributed by atoms with Crippen molar-refractivity contribution in [3.63, 3.8) is 0 Å². The Morgan fingerprint density at radius 2 is 2.00 bits per heavy atom. The van der Waals surface area contributed by atoms with E-state index in [-0.39, 0.29) is 35.6 Å². The molecule has 1 saturated heterocycles. The molecule has 0 radical (unpaired) electrons. The molecule has 0 bridgehead atoms. The molecule has 0 unspecified atom stereocenters. The molecule has 10 nitrogen and oxygen atoms in total. The lowest BCUT2D eigenvalue weighted by atomic mass is 10.1. The average molecular weight is 488 g/mol. The van der Waals surface area contributed by atoms with Crippen LogP contribution in [0.3, 0.4) is 0 Å². The van der Waals surface area contributed by atoms with Gasteiger partial charge in [0.25, 0.3) is 5.91 Å². The number of hydrogen-bond donors (Lipinski definition) is 2. The van der Waals surface area contributed by atoms with Crippen molar-refractivity contribution in [3.8, 4) is 5.75 Å². The third kappa shape index (κ3) is 4.60. The number of aromatic nitrogens is 2. The molecule has 1 aliphatic rings. The highest BCUT2D eigenvalue weighted by Gasteiger charge is 2.28. The molecule has 2 aromatic heterocycles. The minimum atomic E-state index is -3.96. The zero-order valence-corrected chi connectivity index (χ0v) is 19.0. The number of aromatic hydroxyl groups is 1. The standard InChI is InChI=1S/C22H24FN5O5S/c1-2-27-10-11-34(32,33)28(13-17(27)29)21-16-4-3-9-24-18(16)20(30)19(26-21)22(31)25-12-14-5-7-15(23)8-6-14/h3-9,30,32-33H,2,10-13H2,1H3,(H,25,31)/p-2. The topological polar surface area (TPSA) is 145 Å². The number of anilines is 1. The van der Waals surface area contributed by atoms with E-state index >= 15 is 0 Å². The third-order valence-electron chi connectivity index (χ3n) is 5.50. The molecule has 0 spiro atoms. The molecule has 1 aromatic carbocycles. The van der Waals surface area contributed by atoms with Crippen molar-refractivity contribution in [2.45, 2.75) is 13.5 Å². The van der Waals surface area contributed by atoms with Crippen LogP contribution in [0.2, 0.25) is 0 Å². The summed E-state index contributed by atoms with van der Waals surface area (Å²) in [6, 6.07) is 8.52. The van der Waals surface area contributed by atoms with Crippen LogP contribution in [0.25, 0.3) is 10.9 Å². The fourth-order valence-corrected chi connectivity index (χ4v) is 5.03. The van der Waals surface area contributed by atoms with Gasteiger partial charge in [0.1, 0.15) is 17.9 Å². The Hall–Kier alpha value is -3.48. The lowest BCUT2D eigenvalue weighted by molar-refractivity contribution is -0.128. The minimum Gasteiger partial charge on any atom is -0.783 e. The van der Waals surface area contributed by atoms with E-state index in [2.05, 4.69) is 15.3 Å². The van der Waals surface area contributed by atoms with Crippen molar-refractivity contribution < 1.29 is 28.2 Å². The largest absolute Gasteiger partial charge is 0.783 e. The van der Waals surface area contributed by atoms with Crippen LogP contribution in [-0.2, 0) is 11.3 Å². The summed E-state index contributed by atoms with van der Waals surface area (Å²) in [5, 5.41) is 13.5. The number of fused-ring (bicyclic) bond motifs is 1. The van der Waals surface area contributed by atoms with Gasteiger partial charge in [0, 0.05) is 37.0 Å². The van der Waals surface area contributed by atoms with Gasteiger partial charge in [-0.15, -0.1) is 0 Å². The predicted molar refractivity (Wildman–Crippen MR) is 122 cm³/mol. The highest BCUT2D eigenvalue weighted by molar-refractivity contribution is 8.25. The van der Waals surface area contributed by atoms with Crippen LogP contribution >= 0.6 is 10.8 Å². The number of benzene rings is 1. The first-order valence-corrected chi connectivity index (χ1v) is 12.1. The molecule has 3 aromatic rings. The third-order valence-corrected chi connectivity index (χ3v) is 7.17.